The van der Waals surface area contributed by atoms with Crippen LogP contribution in [0.2, 0.25) is 0 Å². The molecule has 0 saturated heterocycles. The number of hydrogen-bond acceptors (Lipinski definition) is 1. The number of carboxylic acids is 1. The first-order valence-electron chi connectivity index (χ1n) is 8.40. The van der Waals surface area contributed by atoms with Crippen molar-refractivity contribution in [1.29, 1.82) is 0 Å². The lowest BCUT2D eigenvalue weighted by Crippen LogP contribution is -2.74. The minimum atomic E-state index is -9.56. The highest BCUT2D eigenvalue weighted by Gasteiger charge is 2.96. The molecule has 244 valence electrons. The van der Waals surface area contributed by atoms with Gasteiger partial charge in [-0.3, -0.25) is 0 Å². The average molecular weight is 676 g/mol. The molecule has 0 radical (unpaired) electrons. The van der Waals surface area contributed by atoms with Crippen LogP contribution in [-0.2, 0) is 4.79 Å². The van der Waals surface area contributed by atoms with Crippen LogP contribution in [-0.4, -0.2) is 77.0 Å². The monoisotopic (exact) mass is 676 g/mol. The molecule has 0 aromatic rings. The lowest BCUT2D eigenvalue weighted by molar-refractivity contribution is -0.460. The minimum Gasteiger partial charge on any atom is -0.478 e. The molecule has 0 aromatic heterocycles. The van der Waals surface area contributed by atoms with Gasteiger partial charge in [0.25, 0.3) is 0 Å². The van der Waals surface area contributed by atoms with Gasteiger partial charge in [0, 0.05) is 0 Å². The highest BCUT2D eigenvalue weighted by molar-refractivity contribution is 5.90. The maximum absolute atomic E-state index is 14.0. The van der Waals surface area contributed by atoms with E-state index >= 15 is 0 Å². The van der Waals surface area contributed by atoms with Crippen LogP contribution in [0.1, 0.15) is 0 Å². The third kappa shape index (κ3) is 5.17. The van der Waals surface area contributed by atoms with E-state index in [4.69, 9.17) is 5.11 Å². The lowest BCUT2D eigenvalue weighted by atomic mass is 9.84. The van der Waals surface area contributed by atoms with Crippen LogP contribution in [0.3, 0.4) is 0 Å². The summed E-state index contributed by atoms with van der Waals surface area (Å²) in [6.07, 6.45) is -24.3. The van der Waals surface area contributed by atoms with Crippen molar-refractivity contribution in [3.63, 3.8) is 0 Å². The third-order valence-corrected chi connectivity index (χ3v) is 4.45. The SMILES string of the molecule is O=C(O)C(=C(C(F)(F)F)C(F)(F)C(F)(F)C(F)(F)C(F)(F)C(F)(F)C(F)(F)C(F)(F)C(F)(F)F)C(F)(F)C(F)(F)F. The molecule has 41 heavy (non-hydrogen) atoms. The van der Waals surface area contributed by atoms with Gasteiger partial charge < -0.3 is 5.11 Å². The molecular weight excluding hydrogens is 675 g/mol. The van der Waals surface area contributed by atoms with E-state index in [1.165, 1.54) is 0 Å². The highest BCUT2D eigenvalue weighted by Crippen LogP contribution is 2.65. The van der Waals surface area contributed by atoms with Crippen molar-refractivity contribution in [3.05, 3.63) is 11.1 Å². The summed E-state index contributed by atoms with van der Waals surface area (Å²) in [5.41, 5.74) is -11.5. The van der Waals surface area contributed by atoms with E-state index in [9.17, 15) is 115 Å². The van der Waals surface area contributed by atoms with Gasteiger partial charge in [0.2, 0.25) is 0 Å². The standard InChI is InChI=1S/C14HF25O2/c15-4(16,13(34,35)36)1(3(40)41)2(6(19,20)21)5(17,18)7(22,23)8(24,25)9(26,27)10(28,29)11(30,31)12(32,33)14(37,38)39/h(H,40,41). The summed E-state index contributed by atoms with van der Waals surface area (Å²) in [7, 11) is 0. The number of halogens is 25. The molecule has 1 N–H and O–H groups in total. The number of carbonyl (C=O) groups is 1. The van der Waals surface area contributed by atoms with E-state index < -0.39 is 83.0 Å². The fourth-order valence-corrected chi connectivity index (χ4v) is 2.34. The quantitative estimate of drug-likeness (QED) is 0.198. The van der Waals surface area contributed by atoms with Crippen molar-refractivity contribution in [1.82, 2.24) is 0 Å². The Balaban J connectivity index is 7.92. The van der Waals surface area contributed by atoms with Crippen molar-refractivity contribution >= 4 is 5.97 Å². The molecule has 27 heteroatoms. The van der Waals surface area contributed by atoms with Crippen molar-refractivity contribution in [2.45, 2.75) is 65.9 Å². The van der Waals surface area contributed by atoms with Gasteiger partial charge in [0.1, 0.15) is 11.1 Å². The summed E-state index contributed by atoms with van der Waals surface area (Å²) < 4.78 is 326. The molecule has 0 aliphatic carbocycles. The van der Waals surface area contributed by atoms with E-state index in [2.05, 4.69) is 0 Å². The van der Waals surface area contributed by atoms with E-state index in [-0.39, 0.29) is 0 Å². The Hall–Kier alpha value is -2.54. The molecule has 0 amide bonds. The highest BCUT2D eigenvalue weighted by atomic mass is 19.4. The number of allylic oxidation sites excluding steroid dienone is 1. The number of carboxylic acid groups (broad SMARTS) is 1. The lowest BCUT2D eigenvalue weighted by Gasteiger charge is -2.43. The maximum Gasteiger partial charge on any atom is 0.460 e. The molecule has 0 rings (SSSR count). The van der Waals surface area contributed by atoms with Crippen LogP contribution in [0, 0.1) is 0 Å². The largest absolute Gasteiger partial charge is 0.478 e. The normalized spacial score (nSPS) is 17.0. The second kappa shape index (κ2) is 9.48. The smallest absolute Gasteiger partial charge is 0.460 e. The first-order valence-corrected chi connectivity index (χ1v) is 8.40. The number of aliphatic carboxylic acids is 1. The van der Waals surface area contributed by atoms with Crippen LogP contribution >= 0.6 is 0 Å². The first-order chi connectivity index (χ1) is 17.2. The van der Waals surface area contributed by atoms with Gasteiger partial charge in [-0.15, -0.1) is 0 Å². The second-order valence-electron chi connectivity index (χ2n) is 7.14. The molecule has 2 nitrogen and oxygen atoms in total. The maximum atomic E-state index is 14.0. The topological polar surface area (TPSA) is 37.3 Å². The Kier molecular flexibility index (Phi) is 8.90. The number of rotatable bonds is 9. The van der Waals surface area contributed by atoms with Crippen LogP contribution in [0.25, 0.3) is 0 Å². The Morgan fingerprint density at radius 3 is 0.854 bits per heavy atom. The zero-order valence-corrected chi connectivity index (χ0v) is 17.3. The zero-order chi connectivity index (χ0) is 34.2. The minimum absolute atomic E-state index is 4.72. The summed E-state index contributed by atoms with van der Waals surface area (Å²) in [4.78, 5) is 10.5. The van der Waals surface area contributed by atoms with E-state index in [0.717, 1.165) is 0 Å². The Morgan fingerprint density at radius 1 is 0.366 bits per heavy atom. The zero-order valence-electron chi connectivity index (χ0n) is 17.3. The van der Waals surface area contributed by atoms with Crippen molar-refractivity contribution in [2.24, 2.45) is 0 Å². The van der Waals surface area contributed by atoms with Crippen LogP contribution in [0.4, 0.5) is 110 Å². The van der Waals surface area contributed by atoms with Gasteiger partial charge in [-0.1, -0.05) is 0 Å². The summed E-state index contributed by atoms with van der Waals surface area (Å²) >= 11 is 0. The van der Waals surface area contributed by atoms with Crippen LogP contribution in [0.5, 0.6) is 0 Å². The summed E-state index contributed by atoms with van der Waals surface area (Å²) in [6, 6.07) is 0. The van der Waals surface area contributed by atoms with E-state index in [0.29, 0.717) is 0 Å². The number of hydrogen-bond donors (Lipinski definition) is 1. The molecule has 0 fully saturated rings. The van der Waals surface area contributed by atoms with Crippen LogP contribution in [0.15, 0.2) is 11.1 Å². The average Bonchev–Trinajstić information content (AvgIpc) is 2.67. The fraction of sp³-hybridized carbons (Fsp3) is 0.786. The summed E-state index contributed by atoms with van der Waals surface area (Å²) in [5.74, 6) is -77.5. The van der Waals surface area contributed by atoms with Gasteiger partial charge in [0.05, 0.1) is 0 Å². The van der Waals surface area contributed by atoms with Gasteiger partial charge >= 0.3 is 71.9 Å². The third-order valence-electron chi connectivity index (χ3n) is 4.45. The Bertz CT molecular complexity index is 1030. The molecule has 0 aliphatic heterocycles. The second-order valence-corrected chi connectivity index (χ2v) is 7.14. The molecule has 0 heterocycles. The molecule has 0 aliphatic rings. The molecule has 0 bridgehead atoms. The fourth-order valence-electron chi connectivity index (χ4n) is 2.34. The van der Waals surface area contributed by atoms with Gasteiger partial charge in [-0.25, -0.2) is 4.79 Å². The van der Waals surface area contributed by atoms with Gasteiger partial charge in [0.15, 0.2) is 0 Å². The summed E-state index contributed by atoms with van der Waals surface area (Å²) in [5, 5.41) is 8.14. The Morgan fingerprint density at radius 2 is 0.634 bits per heavy atom. The van der Waals surface area contributed by atoms with Crippen molar-refractivity contribution in [2.75, 3.05) is 0 Å². The first kappa shape index (κ1) is 38.5. The predicted molar refractivity (Wildman–Crippen MR) is 72.4 cm³/mol. The number of alkyl halides is 25. The van der Waals surface area contributed by atoms with Gasteiger partial charge in [-0.05, 0) is 0 Å². The predicted octanol–water partition coefficient (Wildman–Crippen LogP) is 8.14. The molecule has 0 atom stereocenters. The molecule has 0 unspecified atom stereocenters. The summed E-state index contributed by atoms with van der Waals surface area (Å²) in [6.45, 7) is 0. The Labute approximate surface area is 204 Å². The van der Waals surface area contributed by atoms with Crippen LogP contribution < -0.4 is 0 Å². The van der Waals surface area contributed by atoms with Crippen molar-refractivity contribution in [3.8, 4) is 0 Å². The molecule has 0 aromatic carbocycles. The molecule has 0 saturated carbocycles. The van der Waals surface area contributed by atoms with E-state index in [1.54, 1.807) is 0 Å². The van der Waals surface area contributed by atoms with E-state index in [1.807, 2.05) is 0 Å². The molecular formula is C14HF25O2. The van der Waals surface area contributed by atoms with Crippen molar-refractivity contribution < 1.29 is 120 Å². The molecule has 0 spiro atoms. The van der Waals surface area contributed by atoms with Gasteiger partial charge in [-0.2, -0.15) is 110 Å².